The smallest absolute Gasteiger partial charge is 0.329 e. The van der Waals surface area contributed by atoms with E-state index in [1.165, 1.54) is 6.21 Å². The standard InChI is InChI=1S/C21H24Cl2N4O2/c1-14-11-16(15(2)27(14)19-8-7-17(22)12-18(19)23)13-24-25-20(28)21(29)26-9-5-3-4-6-10-26/h7-8,11-13H,3-6,9-10H2,1-2H3,(H,25,28)/b24-13-. The summed E-state index contributed by atoms with van der Waals surface area (Å²) >= 11 is 12.3. The van der Waals surface area contributed by atoms with Gasteiger partial charge in [-0.3, -0.25) is 9.59 Å². The fourth-order valence-corrected chi connectivity index (χ4v) is 4.07. The van der Waals surface area contributed by atoms with Gasteiger partial charge in [0, 0.05) is 35.1 Å². The Morgan fingerprint density at radius 2 is 1.76 bits per heavy atom. The van der Waals surface area contributed by atoms with Gasteiger partial charge in [0.25, 0.3) is 0 Å². The van der Waals surface area contributed by atoms with Gasteiger partial charge >= 0.3 is 11.8 Å². The number of hydrazone groups is 1. The van der Waals surface area contributed by atoms with Crippen molar-refractivity contribution >= 4 is 41.2 Å². The number of rotatable bonds is 3. The number of nitrogens with one attached hydrogen (secondary N) is 1. The van der Waals surface area contributed by atoms with E-state index in [-0.39, 0.29) is 0 Å². The van der Waals surface area contributed by atoms with Crippen molar-refractivity contribution < 1.29 is 9.59 Å². The molecule has 0 aliphatic carbocycles. The highest BCUT2D eigenvalue weighted by molar-refractivity contribution is 6.36. The number of amides is 2. The Labute approximate surface area is 180 Å². The Bertz CT molecular complexity index is 944. The first-order valence-electron chi connectivity index (χ1n) is 9.65. The van der Waals surface area contributed by atoms with Crippen molar-refractivity contribution in [3.05, 3.63) is 51.3 Å². The molecule has 0 bridgehead atoms. The maximum absolute atomic E-state index is 12.3. The zero-order chi connectivity index (χ0) is 21.0. The second kappa shape index (κ2) is 9.46. The Morgan fingerprint density at radius 1 is 1.07 bits per heavy atom. The Morgan fingerprint density at radius 3 is 2.41 bits per heavy atom. The monoisotopic (exact) mass is 434 g/mol. The van der Waals surface area contributed by atoms with E-state index in [0.29, 0.717) is 23.1 Å². The van der Waals surface area contributed by atoms with Gasteiger partial charge < -0.3 is 9.47 Å². The minimum Gasteiger partial charge on any atom is -0.334 e. The molecule has 0 atom stereocenters. The molecule has 3 rings (SSSR count). The van der Waals surface area contributed by atoms with Gasteiger partial charge in [-0.05, 0) is 51.0 Å². The summed E-state index contributed by atoms with van der Waals surface area (Å²) in [5.74, 6) is -1.24. The van der Waals surface area contributed by atoms with Crippen LogP contribution in [0.25, 0.3) is 5.69 Å². The van der Waals surface area contributed by atoms with Crippen molar-refractivity contribution in [3.8, 4) is 5.69 Å². The largest absolute Gasteiger partial charge is 0.334 e. The molecule has 2 heterocycles. The number of aromatic nitrogens is 1. The van der Waals surface area contributed by atoms with E-state index < -0.39 is 11.8 Å². The third-order valence-electron chi connectivity index (χ3n) is 5.08. The van der Waals surface area contributed by atoms with E-state index in [4.69, 9.17) is 23.2 Å². The van der Waals surface area contributed by atoms with Crippen LogP contribution < -0.4 is 5.43 Å². The highest BCUT2D eigenvalue weighted by atomic mass is 35.5. The molecular formula is C21H24Cl2N4O2. The number of hydrogen-bond donors (Lipinski definition) is 1. The molecule has 1 aliphatic rings. The van der Waals surface area contributed by atoms with E-state index in [1.54, 1.807) is 17.0 Å². The zero-order valence-corrected chi connectivity index (χ0v) is 18.1. The van der Waals surface area contributed by atoms with Crippen LogP contribution in [0, 0.1) is 13.8 Å². The van der Waals surface area contributed by atoms with Gasteiger partial charge in [0.05, 0.1) is 16.9 Å². The lowest BCUT2D eigenvalue weighted by molar-refractivity contribution is -0.145. The van der Waals surface area contributed by atoms with Gasteiger partial charge in [0.15, 0.2) is 0 Å². The molecule has 29 heavy (non-hydrogen) atoms. The number of benzene rings is 1. The maximum atomic E-state index is 12.3. The molecule has 0 radical (unpaired) electrons. The molecule has 8 heteroatoms. The second-order valence-electron chi connectivity index (χ2n) is 7.16. The zero-order valence-electron chi connectivity index (χ0n) is 16.5. The minimum atomic E-state index is -0.710. The van der Waals surface area contributed by atoms with Crippen molar-refractivity contribution in [2.45, 2.75) is 39.5 Å². The van der Waals surface area contributed by atoms with E-state index >= 15 is 0 Å². The first-order chi connectivity index (χ1) is 13.9. The van der Waals surface area contributed by atoms with Crippen molar-refractivity contribution in [2.24, 2.45) is 5.10 Å². The summed E-state index contributed by atoms with van der Waals surface area (Å²) < 4.78 is 1.99. The fourth-order valence-electron chi connectivity index (χ4n) is 3.58. The predicted octanol–water partition coefficient (Wildman–Crippen LogP) is 4.25. The summed E-state index contributed by atoms with van der Waals surface area (Å²) in [7, 11) is 0. The molecule has 154 valence electrons. The van der Waals surface area contributed by atoms with Crippen LogP contribution in [0.2, 0.25) is 10.0 Å². The van der Waals surface area contributed by atoms with Crippen LogP contribution in [-0.2, 0) is 9.59 Å². The molecule has 2 aromatic rings. The third kappa shape index (κ3) is 5.00. The average molecular weight is 435 g/mol. The molecule has 0 spiro atoms. The van der Waals surface area contributed by atoms with Gasteiger partial charge in [-0.1, -0.05) is 36.0 Å². The molecule has 1 N–H and O–H groups in total. The number of aryl methyl sites for hydroxylation is 1. The highest BCUT2D eigenvalue weighted by Crippen LogP contribution is 2.28. The number of halogens is 2. The number of carbonyl (C=O) groups excluding carboxylic acids is 2. The Balaban J connectivity index is 1.71. The van der Waals surface area contributed by atoms with Crippen LogP contribution in [0.5, 0.6) is 0 Å². The van der Waals surface area contributed by atoms with Crippen molar-refractivity contribution in [2.75, 3.05) is 13.1 Å². The van der Waals surface area contributed by atoms with Crippen LogP contribution >= 0.6 is 23.2 Å². The maximum Gasteiger partial charge on any atom is 0.329 e. The molecule has 1 aromatic heterocycles. The lowest BCUT2D eigenvalue weighted by atomic mass is 10.2. The summed E-state index contributed by atoms with van der Waals surface area (Å²) in [5.41, 5.74) is 5.84. The molecule has 1 aromatic carbocycles. The number of carbonyl (C=O) groups is 2. The summed E-state index contributed by atoms with van der Waals surface area (Å²) in [6.45, 7) is 5.14. The Hall–Kier alpha value is -2.31. The summed E-state index contributed by atoms with van der Waals surface area (Å²) in [6.07, 6.45) is 5.59. The molecule has 2 amide bonds. The fraction of sp³-hybridized carbons (Fsp3) is 0.381. The lowest BCUT2D eigenvalue weighted by Crippen LogP contribution is -2.41. The van der Waals surface area contributed by atoms with Crippen LogP contribution in [0.3, 0.4) is 0 Å². The normalized spacial score (nSPS) is 14.8. The van der Waals surface area contributed by atoms with Gasteiger partial charge in [-0.15, -0.1) is 0 Å². The highest BCUT2D eigenvalue weighted by Gasteiger charge is 2.22. The molecule has 1 saturated heterocycles. The lowest BCUT2D eigenvalue weighted by Gasteiger charge is -2.18. The SMILES string of the molecule is Cc1cc(/C=N\NC(=O)C(=O)N2CCCCCC2)c(C)n1-c1ccc(Cl)cc1Cl. The van der Waals surface area contributed by atoms with Crippen LogP contribution in [0.1, 0.15) is 42.6 Å². The first-order valence-corrected chi connectivity index (χ1v) is 10.4. The van der Waals surface area contributed by atoms with E-state index in [9.17, 15) is 9.59 Å². The minimum absolute atomic E-state index is 0.525. The van der Waals surface area contributed by atoms with Gasteiger partial charge in [-0.25, -0.2) is 5.43 Å². The topological polar surface area (TPSA) is 66.7 Å². The number of likely N-dealkylation sites (tertiary alicyclic amines) is 1. The molecule has 1 aliphatic heterocycles. The van der Waals surface area contributed by atoms with Crippen LogP contribution in [-0.4, -0.2) is 40.6 Å². The second-order valence-corrected chi connectivity index (χ2v) is 8.01. The summed E-state index contributed by atoms with van der Waals surface area (Å²) in [4.78, 5) is 26.0. The van der Waals surface area contributed by atoms with E-state index in [0.717, 1.165) is 48.3 Å². The van der Waals surface area contributed by atoms with E-state index in [2.05, 4.69) is 10.5 Å². The van der Waals surface area contributed by atoms with Gasteiger partial charge in [-0.2, -0.15) is 5.10 Å². The van der Waals surface area contributed by atoms with Crippen LogP contribution in [0.4, 0.5) is 0 Å². The summed E-state index contributed by atoms with van der Waals surface area (Å²) in [6, 6.07) is 7.27. The van der Waals surface area contributed by atoms with Crippen molar-refractivity contribution in [1.82, 2.24) is 14.9 Å². The number of hydrogen-bond acceptors (Lipinski definition) is 3. The molecule has 0 saturated carbocycles. The quantitative estimate of drug-likeness (QED) is 0.445. The predicted molar refractivity (Wildman–Crippen MR) is 116 cm³/mol. The number of nitrogens with zero attached hydrogens (tertiary/aromatic N) is 3. The van der Waals surface area contributed by atoms with E-state index in [1.807, 2.05) is 30.5 Å². The molecule has 0 unspecified atom stereocenters. The average Bonchev–Trinajstić information content (AvgIpc) is 2.87. The van der Waals surface area contributed by atoms with Gasteiger partial charge in [0.1, 0.15) is 0 Å². The van der Waals surface area contributed by atoms with Crippen molar-refractivity contribution in [3.63, 3.8) is 0 Å². The van der Waals surface area contributed by atoms with Crippen LogP contribution in [0.15, 0.2) is 29.4 Å². The van der Waals surface area contributed by atoms with Crippen molar-refractivity contribution in [1.29, 1.82) is 0 Å². The molecule has 6 nitrogen and oxygen atoms in total. The first kappa shape index (κ1) is 21.4. The molecule has 1 fully saturated rings. The van der Waals surface area contributed by atoms with Gasteiger partial charge in [0.2, 0.25) is 0 Å². The Kier molecular flexibility index (Phi) is 6.98. The third-order valence-corrected chi connectivity index (χ3v) is 5.62. The summed E-state index contributed by atoms with van der Waals surface area (Å²) in [5, 5.41) is 5.10. The molecular weight excluding hydrogens is 411 g/mol.